The molecule has 1 fully saturated rings. The minimum atomic E-state index is -4.01. The molecule has 1 saturated carbocycles. The number of rotatable bonds is 13. The first-order valence-electron chi connectivity index (χ1n) is 13.2. The quantitative estimate of drug-likeness (QED) is 0.306. The second-order valence-corrected chi connectivity index (χ2v) is 13.4. The summed E-state index contributed by atoms with van der Waals surface area (Å²) in [4.78, 5) is 37.7. The van der Waals surface area contributed by atoms with Crippen LogP contribution in [0.1, 0.15) is 62.9 Å². The summed E-state index contributed by atoms with van der Waals surface area (Å²) in [6.07, 6.45) is 1.21. The van der Waals surface area contributed by atoms with Gasteiger partial charge in [0.05, 0.1) is 31.0 Å². The topological polar surface area (TPSA) is 122 Å². The lowest BCUT2D eigenvalue weighted by molar-refractivity contribution is -0.134. The second kappa shape index (κ2) is 12.8. The molecule has 0 atom stereocenters. The molecule has 226 valence electrons. The summed E-state index contributed by atoms with van der Waals surface area (Å²) in [5.74, 6) is -0.428. The number of aromatic nitrogens is 2. The van der Waals surface area contributed by atoms with Gasteiger partial charge < -0.3 is 9.64 Å². The molecule has 1 aromatic carbocycles. The van der Waals surface area contributed by atoms with Gasteiger partial charge in [-0.15, -0.1) is 11.3 Å². The third-order valence-corrected chi connectivity index (χ3v) is 9.45. The maximum Gasteiger partial charge on any atom is 0.303 e. The predicted molar refractivity (Wildman–Crippen MR) is 154 cm³/mol. The van der Waals surface area contributed by atoms with Crippen LogP contribution in [0, 0.1) is 6.92 Å². The minimum absolute atomic E-state index is 0.0328. The van der Waals surface area contributed by atoms with E-state index in [4.69, 9.17) is 4.74 Å². The summed E-state index contributed by atoms with van der Waals surface area (Å²) in [7, 11) is 0.122. The van der Waals surface area contributed by atoms with Crippen LogP contribution in [0.25, 0.3) is 0 Å². The summed E-state index contributed by atoms with van der Waals surface area (Å²) in [6, 6.07) is 9.75. The summed E-state index contributed by atoms with van der Waals surface area (Å²) in [5, 5.41) is 0.464. The maximum atomic E-state index is 14.0. The van der Waals surface area contributed by atoms with Gasteiger partial charge in [-0.2, -0.15) is 12.7 Å². The van der Waals surface area contributed by atoms with E-state index in [0.29, 0.717) is 53.6 Å². The summed E-state index contributed by atoms with van der Waals surface area (Å²) in [6.45, 7) is 2.06. The number of nitrogens with zero attached hydrogens (tertiary/aromatic N) is 4. The van der Waals surface area contributed by atoms with Crippen molar-refractivity contribution in [1.82, 2.24) is 23.9 Å². The molecule has 2 aromatic heterocycles. The SMILES string of the molecule is COc1ccc(C2(C(=O)N(CCCc3cccc(C(F)F)c3)Cc3nc(C(=O)NS(=O)(=O)N(C)C)c(C)s3)CC2)nc1. The number of hydrogen-bond donors (Lipinski definition) is 1. The van der Waals surface area contributed by atoms with Crippen molar-refractivity contribution in [3.8, 4) is 5.75 Å². The number of methoxy groups -OCH3 is 1. The zero-order valence-electron chi connectivity index (χ0n) is 23.8. The Morgan fingerprint density at radius 3 is 2.52 bits per heavy atom. The van der Waals surface area contributed by atoms with Crippen LogP contribution in [0.2, 0.25) is 0 Å². The first-order chi connectivity index (χ1) is 19.9. The van der Waals surface area contributed by atoms with Gasteiger partial charge in [0, 0.05) is 31.1 Å². The number of carbonyl (C=O) groups is 2. The van der Waals surface area contributed by atoms with E-state index in [-0.39, 0.29) is 23.7 Å². The van der Waals surface area contributed by atoms with Gasteiger partial charge in [-0.25, -0.2) is 18.5 Å². The van der Waals surface area contributed by atoms with Gasteiger partial charge in [-0.1, -0.05) is 24.3 Å². The molecular formula is C28H33F2N5O5S2. The Labute approximate surface area is 247 Å². The standard InChI is InChI=1S/C28H33F2N5O5S2/c1-18-24(26(36)33-42(38,39)34(2)3)32-23(41-18)17-35(14-6-8-19-7-5-9-20(15-19)25(29)30)27(37)28(12-13-28)22-11-10-21(40-4)16-31-22/h5,7,9-11,15-16,25H,6,8,12-14,17H2,1-4H3,(H,33,36). The Kier molecular flexibility index (Phi) is 9.58. The van der Waals surface area contributed by atoms with Crippen LogP contribution in [0.15, 0.2) is 42.6 Å². The average Bonchev–Trinajstić information content (AvgIpc) is 3.68. The maximum absolute atomic E-state index is 14.0. The fraction of sp³-hybridized carbons (Fsp3) is 0.429. The van der Waals surface area contributed by atoms with Gasteiger partial charge in [0.1, 0.15) is 16.5 Å². The molecule has 0 radical (unpaired) electrons. The summed E-state index contributed by atoms with van der Waals surface area (Å²) in [5.41, 5.74) is 0.489. The molecule has 3 aromatic rings. The van der Waals surface area contributed by atoms with Gasteiger partial charge in [0.15, 0.2) is 0 Å². The zero-order chi connectivity index (χ0) is 30.7. The molecule has 1 aliphatic carbocycles. The van der Waals surface area contributed by atoms with E-state index in [1.807, 2.05) is 4.72 Å². The van der Waals surface area contributed by atoms with Crippen molar-refractivity contribution in [3.05, 3.63) is 75.0 Å². The average molecular weight is 622 g/mol. The van der Waals surface area contributed by atoms with Crippen LogP contribution < -0.4 is 9.46 Å². The summed E-state index contributed by atoms with van der Waals surface area (Å²) >= 11 is 1.20. The molecule has 0 saturated heterocycles. The summed E-state index contributed by atoms with van der Waals surface area (Å²) < 4.78 is 58.7. The Balaban J connectivity index is 1.56. The monoisotopic (exact) mass is 621 g/mol. The second-order valence-electron chi connectivity index (χ2n) is 10.3. The van der Waals surface area contributed by atoms with Crippen molar-refractivity contribution in [3.63, 3.8) is 0 Å². The van der Waals surface area contributed by atoms with Crippen LogP contribution >= 0.6 is 11.3 Å². The third-order valence-electron chi connectivity index (χ3n) is 7.09. The molecule has 2 amide bonds. The lowest BCUT2D eigenvalue weighted by Gasteiger charge is -2.27. The highest BCUT2D eigenvalue weighted by Gasteiger charge is 2.54. The highest BCUT2D eigenvalue weighted by atomic mass is 32.2. The smallest absolute Gasteiger partial charge is 0.303 e. The molecule has 2 heterocycles. The molecule has 10 nitrogen and oxygen atoms in total. The number of benzene rings is 1. The number of alkyl halides is 2. The molecule has 0 bridgehead atoms. The molecule has 1 aliphatic rings. The number of aryl methyl sites for hydroxylation is 2. The number of thiazole rings is 1. The van der Waals surface area contributed by atoms with Gasteiger partial charge in [-0.05, 0) is 50.3 Å². The molecule has 42 heavy (non-hydrogen) atoms. The predicted octanol–water partition coefficient (Wildman–Crippen LogP) is 4.02. The minimum Gasteiger partial charge on any atom is -0.495 e. The van der Waals surface area contributed by atoms with Crippen molar-refractivity contribution in [2.24, 2.45) is 0 Å². The van der Waals surface area contributed by atoms with Gasteiger partial charge >= 0.3 is 10.2 Å². The molecule has 1 N–H and O–H groups in total. The Bertz CT molecular complexity index is 1540. The molecular weight excluding hydrogens is 588 g/mol. The highest BCUT2D eigenvalue weighted by molar-refractivity contribution is 7.87. The number of halogens is 2. The third kappa shape index (κ3) is 7.10. The zero-order valence-corrected chi connectivity index (χ0v) is 25.4. The number of amides is 2. The van der Waals surface area contributed by atoms with Crippen LogP contribution in [0.4, 0.5) is 8.78 Å². The molecule has 0 aliphatic heterocycles. The van der Waals surface area contributed by atoms with Gasteiger partial charge in [0.25, 0.3) is 12.3 Å². The molecule has 0 spiro atoms. The van der Waals surface area contributed by atoms with E-state index in [1.165, 1.54) is 44.7 Å². The van der Waals surface area contributed by atoms with Crippen LogP contribution in [-0.4, -0.2) is 67.2 Å². The number of nitrogens with one attached hydrogen (secondary N) is 1. The van der Waals surface area contributed by atoms with Crippen LogP contribution in [0.5, 0.6) is 5.75 Å². The Hall–Kier alpha value is -3.49. The molecule has 4 rings (SSSR count). The van der Waals surface area contributed by atoms with E-state index in [9.17, 15) is 26.8 Å². The van der Waals surface area contributed by atoms with Crippen molar-refractivity contribution in [1.29, 1.82) is 0 Å². The van der Waals surface area contributed by atoms with Crippen LogP contribution in [0.3, 0.4) is 0 Å². The van der Waals surface area contributed by atoms with E-state index in [1.54, 1.807) is 42.3 Å². The first kappa shape index (κ1) is 31.4. The Morgan fingerprint density at radius 2 is 1.93 bits per heavy atom. The highest BCUT2D eigenvalue weighted by Crippen LogP contribution is 2.49. The number of pyridine rings is 1. The lowest BCUT2D eigenvalue weighted by atomic mass is 9.99. The van der Waals surface area contributed by atoms with Gasteiger partial charge in [-0.3, -0.25) is 14.6 Å². The fourth-order valence-corrected chi connectivity index (χ4v) is 6.01. The number of ether oxygens (including phenoxy) is 1. The van der Waals surface area contributed by atoms with Crippen molar-refractivity contribution >= 4 is 33.4 Å². The fourth-order valence-electron chi connectivity index (χ4n) is 4.55. The van der Waals surface area contributed by atoms with Crippen molar-refractivity contribution in [2.45, 2.75) is 51.0 Å². The van der Waals surface area contributed by atoms with Crippen molar-refractivity contribution < 1.29 is 31.5 Å². The van der Waals surface area contributed by atoms with E-state index < -0.39 is 28.0 Å². The van der Waals surface area contributed by atoms with Crippen molar-refractivity contribution in [2.75, 3.05) is 27.7 Å². The number of carbonyl (C=O) groups excluding carboxylic acids is 2. The Morgan fingerprint density at radius 1 is 1.19 bits per heavy atom. The first-order valence-corrected chi connectivity index (χ1v) is 15.5. The van der Waals surface area contributed by atoms with E-state index in [0.717, 1.165) is 9.87 Å². The van der Waals surface area contributed by atoms with E-state index in [2.05, 4.69) is 9.97 Å². The van der Waals surface area contributed by atoms with Gasteiger partial charge in [0.2, 0.25) is 5.91 Å². The largest absolute Gasteiger partial charge is 0.495 e. The molecule has 0 unspecified atom stereocenters. The normalized spacial score (nSPS) is 14.2. The molecule has 14 heteroatoms. The van der Waals surface area contributed by atoms with E-state index >= 15 is 0 Å². The number of hydrogen-bond acceptors (Lipinski definition) is 8. The lowest BCUT2D eigenvalue weighted by Crippen LogP contribution is -2.40. The van der Waals surface area contributed by atoms with Crippen LogP contribution in [-0.2, 0) is 33.4 Å².